The monoisotopic (exact) mass is 437 g/mol. The van der Waals surface area contributed by atoms with Gasteiger partial charge >= 0.3 is 0 Å². The normalized spacial score (nSPS) is 12.2. The smallest absolute Gasteiger partial charge is 0.244 e. The van der Waals surface area contributed by atoms with Gasteiger partial charge in [-0.05, 0) is 48.7 Å². The molecule has 0 radical (unpaired) electrons. The first-order chi connectivity index (χ1) is 15.0. The topological polar surface area (TPSA) is 73.3 Å². The summed E-state index contributed by atoms with van der Waals surface area (Å²) >= 11 is 1.52. The second-order valence-corrected chi connectivity index (χ2v) is 8.38. The molecule has 0 saturated heterocycles. The number of nitrogens with zero attached hydrogens (tertiary/aromatic N) is 2. The molecule has 7 heteroatoms. The molecular formula is C24H27N3O3S. The number of thiazole rings is 1. The van der Waals surface area contributed by atoms with E-state index in [0.29, 0.717) is 24.0 Å². The number of ether oxygens (including phenoxy) is 2. The molecule has 0 fully saturated rings. The van der Waals surface area contributed by atoms with Crippen LogP contribution in [-0.4, -0.2) is 29.6 Å². The van der Waals surface area contributed by atoms with Gasteiger partial charge in [-0.25, -0.2) is 4.98 Å². The van der Waals surface area contributed by atoms with Crippen LogP contribution in [0.25, 0.3) is 17.3 Å². The minimum absolute atomic E-state index is 0.188. The van der Waals surface area contributed by atoms with E-state index in [0.717, 1.165) is 21.8 Å². The number of amides is 1. The molecule has 2 heterocycles. The highest BCUT2D eigenvalue weighted by atomic mass is 32.1. The van der Waals surface area contributed by atoms with Crippen LogP contribution in [0.1, 0.15) is 37.4 Å². The van der Waals surface area contributed by atoms with Gasteiger partial charge < -0.3 is 14.8 Å². The Kier molecular flexibility index (Phi) is 7.78. The Morgan fingerprint density at radius 3 is 2.65 bits per heavy atom. The molecule has 3 aromatic rings. The standard InChI is InChI=1S/C24H27N3O3S/c1-16(2)14-30-21-7-5-18(13-22(21)29-4)6-8-23(28)26-17(3)24-27-20(15-31-24)19-9-11-25-12-10-19/h5-13,15-17H,14H2,1-4H3,(H,26,28)/b8-6+. The third-order valence-corrected chi connectivity index (χ3v) is 5.44. The summed E-state index contributed by atoms with van der Waals surface area (Å²) in [5.41, 5.74) is 2.74. The molecule has 0 saturated carbocycles. The van der Waals surface area contributed by atoms with Gasteiger partial charge in [0.25, 0.3) is 0 Å². The van der Waals surface area contributed by atoms with E-state index >= 15 is 0 Å². The largest absolute Gasteiger partial charge is 0.493 e. The molecule has 31 heavy (non-hydrogen) atoms. The van der Waals surface area contributed by atoms with Crippen LogP contribution < -0.4 is 14.8 Å². The fourth-order valence-electron chi connectivity index (χ4n) is 2.80. The molecule has 1 N–H and O–H groups in total. The Balaban J connectivity index is 1.60. The van der Waals surface area contributed by atoms with E-state index in [2.05, 4.69) is 29.1 Å². The number of nitrogens with one attached hydrogen (secondary N) is 1. The van der Waals surface area contributed by atoms with Gasteiger partial charge in [0.05, 0.1) is 25.5 Å². The van der Waals surface area contributed by atoms with Gasteiger partial charge in [0, 0.05) is 29.4 Å². The van der Waals surface area contributed by atoms with Crippen molar-refractivity contribution in [1.29, 1.82) is 0 Å². The molecule has 1 aromatic carbocycles. The van der Waals surface area contributed by atoms with Crippen molar-refractivity contribution in [1.82, 2.24) is 15.3 Å². The number of methoxy groups -OCH3 is 1. The predicted octanol–water partition coefficient (Wildman–Crippen LogP) is 5.14. The Morgan fingerprint density at radius 2 is 1.94 bits per heavy atom. The van der Waals surface area contributed by atoms with Crippen LogP contribution in [0.2, 0.25) is 0 Å². The fourth-order valence-corrected chi connectivity index (χ4v) is 3.64. The zero-order valence-electron chi connectivity index (χ0n) is 18.2. The van der Waals surface area contributed by atoms with Gasteiger partial charge in [-0.1, -0.05) is 19.9 Å². The summed E-state index contributed by atoms with van der Waals surface area (Å²) in [6.45, 7) is 6.72. The fraction of sp³-hybridized carbons (Fsp3) is 0.292. The first-order valence-electron chi connectivity index (χ1n) is 10.1. The van der Waals surface area contributed by atoms with Crippen LogP contribution >= 0.6 is 11.3 Å². The van der Waals surface area contributed by atoms with Gasteiger partial charge in [-0.2, -0.15) is 0 Å². The summed E-state index contributed by atoms with van der Waals surface area (Å²) in [5, 5.41) is 5.79. The van der Waals surface area contributed by atoms with Gasteiger partial charge in [-0.15, -0.1) is 11.3 Å². The quantitative estimate of drug-likeness (QED) is 0.469. The van der Waals surface area contributed by atoms with Gasteiger partial charge in [0.2, 0.25) is 5.91 Å². The molecule has 0 aliphatic carbocycles. The van der Waals surface area contributed by atoms with E-state index in [4.69, 9.17) is 9.47 Å². The highest BCUT2D eigenvalue weighted by Gasteiger charge is 2.13. The molecule has 1 amide bonds. The minimum atomic E-state index is -0.195. The molecular weight excluding hydrogens is 410 g/mol. The van der Waals surface area contributed by atoms with Crippen LogP contribution in [0.3, 0.4) is 0 Å². The van der Waals surface area contributed by atoms with E-state index in [9.17, 15) is 4.79 Å². The van der Waals surface area contributed by atoms with Gasteiger partial charge in [0.1, 0.15) is 5.01 Å². The molecule has 1 unspecified atom stereocenters. The highest BCUT2D eigenvalue weighted by molar-refractivity contribution is 7.10. The number of carbonyl (C=O) groups excluding carboxylic acids is 1. The molecule has 3 rings (SSSR count). The Labute approximate surface area is 187 Å². The average Bonchev–Trinajstić information content (AvgIpc) is 3.27. The second kappa shape index (κ2) is 10.7. The van der Waals surface area contributed by atoms with Crippen LogP contribution in [-0.2, 0) is 4.79 Å². The first kappa shape index (κ1) is 22.5. The van der Waals surface area contributed by atoms with Crippen molar-refractivity contribution in [2.24, 2.45) is 5.92 Å². The molecule has 0 aliphatic rings. The molecule has 1 atom stereocenters. The lowest BCUT2D eigenvalue weighted by Crippen LogP contribution is -2.24. The maximum absolute atomic E-state index is 12.4. The minimum Gasteiger partial charge on any atom is -0.493 e. The number of rotatable bonds is 9. The van der Waals surface area contributed by atoms with E-state index in [1.165, 1.54) is 17.4 Å². The molecule has 6 nitrogen and oxygen atoms in total. The van der Waals surface area contributed by atoms with Crippen molar-refractivity contribution in [2.75, 3.05) is 13.7 Å². The van der Waals surface area contributed by atoms with E-state index in [1.807, 2.05) is 42.6 Å². The summed E-state index contributed by atoms with van der Waals surface area (Å²) in [7, 11) is 1.60. The number of pyridine rings is 1. The highest BCUT2D eigenvalue weighted by Crippen LogP contribution is 2.29. The van der Waals surface area contributed by atoms with Gasteiger partial charge in [0.15, 0.2) is 11.5 Å². The lowest BCUT2D eigenvalue weighted by Gasteiger charge is -2.13. The van der Waals surface area contributed by atoms with Crippen molar-refractivity contribution in [3.05, 3.63) is 64.8 Å². The zero-order chi connectivity index (χ0) is 22.2. The van der Waals surface area contributed by atoms with Gasteiger partial charge in [-0.3, -0.25) is 9.78 Å². The number of hydrogen-bond acceptors (Lipinski definition) is 6. The van der Waals surface area contributed by atoms with Crippen LogP contribution in [0.5, 0.6) is 11.5 Å². The lowest BCUT2D eigenvalue weighted by atomic mass is 10.2. The summed E-state index contributed by atoms with van der Waals surface area (Å²) in [6.07, 6.45) is 6.74. The average molecular weight is 438 g/mol. The Morgan fingerprint density at radius 1 is 1.16 bits per heavy atom. The zero-order valence-corrected chi connectivity index (χ0v) is 19.0. The summed E-state index contributed by atoms with van der Waals surface area (Å²) < 4.78 is 11.2. The maximum atomic E-state index is 12.4. The predicted molar refractivity (Wildman–Crippen MR) is 124 cm³/mol. The summed E-state index contributed by atoms with van der Waals surface area (Å²) in [5.74, 6) is 1.57. The number of hydrogen-bond donors (Lipinski definition) is 1. The van der Waals surface area contributed by atoms with Crippen molar-refractivity contribution in [3.8, 4) is 22.8 Å². The maximum Gasteiger partial charge on any atom is 0.244 e. The van der Waals surface area contributed by atoms with Crippen LogP contribution in [0.4, 0.5) is 0 Å². The van der Waals surface area contributed by atoms with E-state index in [-0.39, 0.29) is 11.9 Å². The number of benzene rings is 1. The molecule has 0 aliphatic heterocycles. The Bertz CT molecular complexity index is 1030. The summed E-state index contributed by atoms with van der Waals surface area (Å²) in [6, 6.07) is 9.24. The lowest BCUT2D eigenvalue weighted by molar-refractivity contribution is -0.117. The Hall–Kier alpha value is -3.19. The molecule has 0 spiro atoms. The number of carbonyl (C=O) groups is 1. The molecule has 2 aromatic heterocycles. The van der Waals surface area contributed by atoms with Crippen molar-refractivity contribution in [3.63, 3.8) is 0 Å². The van der Waals surface area contributed by atoms with Crippen molar-refractivity contribution in [2.45, 2.75) is 26.8 Å². The van der Waals surface area contributed by atoms with E-state index < -0.39 is 0 Å². The summed E-state index contributed by atoms with van der Waals surface area (Å²) in [4.78, 5) is 21.1. The van der Waals surface area contributed by atoms with Crippen molar-refractivity contribution >= 4 is 23.3 Å². The third-order valence-electron chi connectivity index (χ3n) is 4.41. The second-order valence-electron chi connectivity index (χ2n) is 7.49. The van der Waals surface area contributed by atoms with Crippen LogP contribution in [0.15, 0.2) is 54.2 Å². The third kappa shape index (κ3) is 6.39. The van der Waals surface area contributed by atoms with Crippen molar-refractivity contribution < 1.29 is 14.3 Å². The first-order valence-corrected chi connectivity index (χ1v) is 11.0. The SMILES string of the molecule is COc1cc(/C=C/C(=O)NC(C)c2nc(-c3ccncc3)cs2)ccc1OCC(C)C. The molecule has 0 bridgehead atoms. The molecule has 162 valence electrons. The number of aromatic nitrogens is 2. The van der Waals surface area contributed by atoms with Crippen LogP contribution in [0, 0.1) is 5.92 Å². The van der Waals surface area contributed by atoms with E-state index in [1.54, 1.807) is 25.6 Å².